The Bertz CT molecular complexity index is 80.5. The van der Waals surface area contributed by atoms with E-state index in [1.165, 1.54) is 0 Å². The molecular formula is C5H9FO2. The molecule has 0 fully saturated rings. The minimum atomic E-state index is -1.70. The van der Waals surface area contributed by atoms with Crippen LogP contribution in [0.3, 0.4) is 0 Å². The standard InChI is InChI=1S/C5H9FO2/c1-4(2)3-8-5(6)7/h4H,3H2,1-2H3. The van der Waals surface area contributed by atoms with E-state index < -0.39 is 6.22 Å². The van der Waals surface area contributed by atoms with Crippen LogP contribution in [-0.4, -0.2) is 12.8 Å². The summed E-state index contributed by atoms with van der Waals surface area (Å²) in [6.45, 7) is 3.83. The van der Waals surface area contributed by atoms with Crippen LogP contribution in [0.2, 0.25) is 0 Å². The molecule has 0 saturated heterocycles. The van der Waals surface area contributed by atoms with Crippen molar-refractivity contribution in [3.05, 3.63) is 0 Å². The van der Waals surface area contributed by atoms with Crippen LogP contribution in [0, 0.1) is 5.92 Å². The molecule has 0 spiro atoms. The van der Waals surface area contributed by atoms with Crippen molar-refractivity contribution >= 4 is 6.22 Å². The summed E-state index contributed by atoms with van der Waals surface area (Å²) in [6, 6.07) is 0. The number of halogens is 1. The molecule has 8 heavy (non-hydrogen) atoms. The number of hydrogen-bond donors (Lipinski definition) is 0. The van der Waals surface area contributed by atoms with Gasteiger partial charge in [0.1, 0.15) is 0 Å². The van der Waals surface area contributed by atoms with Crippen LogP contribution < -0.4 is 0 Å². The molecule has 0 rings (SSSR count). The molecule has 0 aliphatic rings. The molecule has 0 saturated carbocycles. The lowest BCUT2D eigenvalue weighted by atomic mass is 10.2. The third kappa shape index (κ3) is 5.40. The summed E-state index contributed by atoms with van der Waals surface area (Å²) in [5.74, 6) is 0.203. The van der Waals surface area contributed by atoms with Gasteiger partial charge in [0.05, 0.1) is 6.61 Å². The van der Waals surface area contributed by atoms with E-state index in [1.54, 1.807) is 0 Å². The lowest BCUT2D eigenvalue weighted by molar-refractivity contribution is 0.109. The van der Waals surface area contributed by atoms with E-state index in [9.17, 15) is 9.18 Å². The van der Waals surface area contributed by atoms with E-state index in [-0.39, 0.29) is 12.5 Å². The third-order valence-corrected chi connectivity index (χ3v) is 0.530. The predicted octanol–water partition coefficient (Wildman–Crippen LogP) is 1.75. The maximum atomic E-state index is 11.2. The van der Waals surface area contributed by atoms with E-state index in [0.29, 0.717) is 0 Å². The number of carbonyl (C=O) groups is 1. The first-order chi connectivity index (χ1) is 3.63. The van der Waals surface area contributed by atoms with Gasteiger partial charge in [-0.25, -0.2) is 4.79 Å². The van der Waals surface area contributed by atoms with Crippen molar-refractivity contribution in [3.8, 4) is 0 Å². The summed E-state index contributed by atoms with van der Waals surface area (Å²) in [7, 11) is 0. The highest BCUT2D eigenvalue weighted by atomic mass is 19.1. The van der Waals surface area contributed by atoms with Crippen LogP contribution in [0.15, 0.2) is 0 Å². The van der Waals surface area contributed by atoms with E-state index in [4.69, 9.17) is 0 Å². The molecule has 0 N–H and O–H groups in total. The van der Waals surface area contributed by atoms with Crippen molar-refractivity contribution in [2.24, 2.45) is 5.92 Å². The van der Waals surface area contributed by atoms with Gasteiger partial charge >= 0.3 is 6.22 Å². The van der Waals surface area contributed by atoms with E-state index in [0.717, 1.165) is 0 Å². The molecule has 0 aromatic heterocycles. The van der Waals surface area contributed by atoms with Gasteiger partial charge in [0, 0.05) is 0 Å². The Labute approximate surface area is 47.6 Å². The molecule has 0 amide bonds. The molecular weight excluding hydrogens is 111 g/mol. The molecule has 0 unspecified atom stereocenters. The number of hydrogen-bond acceptors (Lipinski definition) is 2. The molecule has 48 valence electrons. The van der Waals surface area contributed by atoms with Gasteiger partial charge in [-0.3, -0.25) is 0 Å². The molecule has 0 aliphatic carbocycles. The fourth-order valence-electron chi connectivity index (χ4n) is 0.232. The first-order valence-electron chi connectivity index (χ1n) is 2.45. The summed E-state index contributed by atoms with van der Waals surface area (Å²) in [4.78, 5) is 9.46. The smallest absolute Gasteiger partial charge is 0.440 e. The normalized spacial score (nSPS) is 9.50. The van der Waals surface area contributed by atoms with Gasteiger partial charge in [-0.2, -0.15) is 0 Å². The quantitative estimate of drug-likeness (QED) is 0.519. The van der Waals surface area contributed by atoms with Gasteiger partial charge < -0.3 is 4.74 Å². The zero-order valence-electron chi connectivity index (χ0n) is 4.98. The first-order valence-corrected chi connectivity index (χ1v) is 2.45. The van der Waals surface area contributed by atoms with Crippen LogP contribution in [0.1, 0.15) is 13.8 Å². The molecule has 0 aromatic carbocycles. The average molecular weight is 120 g/mol. The number of carbonyl (C=O) groups excluding carboxylic acids is 1. The van der Waals surface area contributed by atoms with E-state index in [1.807, 2.05) is 13.8 Å². The second kappa shape index (κ2) is 3.41. The Morgan fingerprint density at radius 3 is 2.38 bits per heavy atom. The van der Waals surface area contributed by atoms with Crippen LogP contribution >= 0.6 is 0 Å². The Kier molecular flexibility index (Phi) is 3.15. The molecule has 0 aliphatic heterocycles. The highest BCUT2D eigenvalue weighted by Gasteiger charge is 1.98. The van der Waals surface area contributed by atoms with Crippen LogP contribution in [0.5, 0.6) is 0 Å². The SMILES string of the molecule is CC(C)COC(=O)F. The fourth-order valence-corrected chi connectivity index (χ4v) is 0.232. The molecule has 3 heteroatoms. The maximum absolute atomic E-state index is 11.2. The van der Waals surface area contributed by atoms with Gasteiger partial charge in [0.2, 0.25) is 0 Å². The largest absolute Gasteiger partial charge is 0.495 e. The van der Waals surface area contributed by atoms with Gasteiger partial charge in [-0.05, 0) is 5.92 Å². The van der Waals surface area contributed by atoms with Gasteiger partial charge in [0.15, 0.2) is 0 Å². The van der Waals surface area contributed by atoms with Crippen molar-refractivity contribution in [1.82, 2.24) is 0 Å². The zero-order valence-corrected chi connectivity index (χ0v) is 4.98. The van der Waals surface area contributed by atoms with Crippen molar-refractivity contribution in [2.75, 3.05) is 6.61 Å². The summed E-state index contributed by atoms with van der Waals surface area (Å²) >= 11 is 0. The minimum Gasteiger partial charge on any atom is -0.440 e. The van der Waals surface area contributed by atoms with Crippen molar-refractivity contribution in [1.29, 1.82) is 0 Å². The van der Waals surface area contributed by atoms with E-state index >= 15 is 0 Å². The highest BCUT2D eigenvalue weighted by molar-refractivity contribution is 5.57. The fraction of sp³-hybridized carbons (Fsp3) is 0.800. The lowest BCUT2D eigenvalue weighted by Crippen LogP contribution is -2.03. The highest BCUT2D eigenvalue weighted by Crippen LogP contribution is 1.93. The maximum Gasteiger partial charge on any atom is 0.495 e. The summed E-state index contributed by atoms with van der Waals surface area (Å²) < 4.78 is 15.2. The summed E-state index contributed by atoms with van der Waals surface area (Å²) in [5, 5.41) is 0. The number of ether oxygens (including phenoxy) is 1. The Morgan fingerprint density at radius 2 is 2.25 bits per heavy atom. The van der Waals surface area contributed by atoms with Crippen LogP contribution in [-0.2, 0) is 4.74 Å². The van der Waals surface area contributed by atoms with Crippen molar-refractivity contribution in [2.45, 2.75) is 13.8 Å². The predicted molar refractivity (Wildman–Crippen MR) is 27.3 cm³/mol. The summed E-state index contributed by atoms with van der Waals surface area (Å²) in [6.07, 6.45) is -1.70. The van der Waals surface area contributed by atoms with Gasteiger partial charge in [-0.1, -0.05) is 13.8 Å². The minimum absolute atomic E-state index is 0.162. The second-order valence-corrected chi connectivity index (χ2v) is 1.94. The molecule has 0 aromatic rings. The Morgan fingerprint density at radius 1 is 1.75 bits per heavy atom. The molecule has 0 bridgehead atoms. The third-order valence-electron chi connectivity index (χ3n) is 0.530. The first kappa shape index (κ1) is 7.40. The van der Waals surface area contributed by atoms with Crippen molar-refractivity contribution in [3.63, 3.8) is 0 Å². The van der Waals surface area contributed by atoms with Crippen LogP contribution in [0.4, 0.5) is 9.18 Å². The van der Waals surface area contributed by atoms with Gasteiger partial charge in [0.25, 0.3) is 0 Å². The number of rotatable bonds is 2. The molecule has 0 atom stereocenters. The lowest BCUT2D eigenvalue weighted by Gasteiger charge is -2.00. The molecule has 2 nitrogen and oxygen atoms in total. The molecule has 0 radical (unpaired) electrons. The summed E-state index contributed by atoms with van der Waals surface area (Å²) in [5.41, 5.74) is 0. The van der Waals surface area contributed by atoms with E-state index in [2.05, 4.69) is 4.74 Å². The zero-order chi connectivity index (χ0) is 6.57. The molecule has 0 heterocycles. The van der Waals surface area contributed by atoms with Crippen molar-refractivity contribution < 1.29 is 13.9 Å². The monoisotopic (exact) mass is 120 g/mol. The Balaban J connectivity index is 3.05. The second-order valence-electron chi connectivity index (χ2n) is 1.94. The average Bonchev–Trinajstić information content (AvgIpc) is 1.61. The van der Waals surface area contributed by atoms with Gasteiger partial charge in [-0.15, -0.1) is 4.39 Å². The topological polar surface area (TPSA) is 26.3 Å². The Hall–Kier alpha value is -0.600. The van der Waals surface area contributed by atoms with Crippen LogP contribution in [0.25, 0.3) is 0 Å².